The van der Waals surface area contributed by atoms with Gasteiger partial charge in [0.05, 0.1) is 5.52 Å². The molecule has 4 aliphatic carbocycles. The normalized spacial score (nSPS) is 41.2. The van der Waals surface area contributed by atoms with Crippen LogP contribution in [0.1, 0.15) is 70.8 Å². The molecule has 170 valence electrons. The number of hydrogen-bond donors (Lipinski definition) is 0. The summed E-state index contributed by atoms with van der Waals surface area (Å²) >= 11 is 0. The molecule has 32 heavy (non-hydrogen) atoms. The van der Waals surface area contributed by atoms with Crippen LogP contribution in [0.4, 0.5) is 0 Å². The van der Waals surface area contributed by atoms with E-state index in [0.717, 1.165) is 35.2 Å². The highest BCUT2D eigenvalue weighted by molar-refractivity contribution is 5.85. The van der Waals surface area contributed by atoms with Gasteiger partial charge in [-0.25, -0.2) is 0 Å². The molecule has 2 aromatic rings. The smallest absolute Gasteiger partial charge is 0.0702 e. The lowest BCUT2D eigenvalue weighted by Crippen LogP contribution is -2.54. The zero-order chi connectivity index (χ0) is 22.1. The fraction of sp³-hybridized carbons (Fsp3) is 0.633. The standard InChI is InChI=1S/C30H40N2/c1-29-15-13-23(32(3)4)19-22(29)8-9-24-26-11-10-25(30(26,2)16-14-27(24)29)20-7-12-28-21(18-20)6-5-17-31-28/h5-7,10,12,17-18,22-24,26-27H,8-9,11,13-16,19H2,1-4H3. The molecule has 1 heterocycles. The molecule has 4 aliphatic rings. The van der Waals surface area contributed by atoms with Crippen molar-refractivity contribution < 1.29 is 0 Å². The molecule has 0 N–H and O–H groups in total. The van der Waals surface area contributed by atoms with E-state index in [9.17, 15) is 0 Å². The minimum Gasteiger partial charge on any atom is -0.306 e. The Morgan fingerprint density at radius 2 is 1.84 bits per heavy atom. The van der Waals surface area contributed by atoms with Gasteiger partial charge in [0.1, 0.15) is 0 Å². The number of rotatable bonds is 2. The molecule has 0 radical (unpaired) electrons. The van der Waals surface area contributed by atoms with Crippen molar-refractivity contribution in [1.29, 1.82) is 0 Å². The van der Waals surface area contributed by atoms with Gasteiger partial charge in [0.25, 0.3) is 0 Å². The molecular formula is C30H40N2. The summed E-state index contributed by atoms with van der Waals surface area (Å²) < 4.78 is 0. The van der Waals surface area contributed by atoms with Crippen molar-refractivity contribution in [3.63, 3.8) is 0 Å². The van der Waals surface area contributed by atoms with E-state index < -0.39 is 0 Å². The summed E-state index contributed by atoms with van der Waals surface area (Å²) in [5, 5.41) is 1.28. The van der Waals surface area contributed by atoms with Gasteiger partial charge >= 0.3 is 0 Å². The first kappa shape index (κ1) is 20.9. The number of nitrogens with zero attached hydrogens (tertiary/aromatic N) is 2. The third-order valence-corrected chi connectivity index (χ3v) is 10.9. The van der Waals surface area contributed by atoms with E-state index in [1.54, 1.807) is 5.57 Å². The van der Waals surface area contributed by atoms with Crippen LogP contribution in [0.25, 0.3) is 16.5 Å². The van der Waals surface area contributed by atoms with Crippen LogP contribution in [-0.4, -0.2) is 30.0 Å². The molecule has 1 aromatic heterocycles. The number of allylic oxidation sites excluding steroid dienone is 2. The quantitative estimate of drug-likeness (QED) is 0.503. The zero-order valence-electron chi connectivity index (χ0n) is 20.5. The van der Waals surface area contributed by atoms with Crippen molar-refractivity contribution >= 4 is 16.5 Å². The number of benzene rings is 1. The molecule has 6 rings (SSSR count). The van der Waals surface area contributed by atoms with E-state index >= 15 is 0 Å². The third-order valence-electron chi connectivity index (χ3n) is 10.9. The number of fused-ring (bicyclic) bond motifs is 6. The second-order valence-corrected chi connectivity index (χ2v) is 12.3. The van der Waals surface area contributed by atoms with Crippen molar-refractivity contribution in [2.45, 2.75) is 71.3 Å². The molecule has 0 amide bonds. The first-order chi connectivity index (χ1) is 15.4. The van der Waals surface area contributed by atoms with Gasteiger partial charge in [-0.05, 0) is 129 Å². The Hall–Kier alpha value is -1.67. The highest BCUT2D eigenvalue weighted by Gasteiger charge is 2.58. The van der Waals surface area contributed by atoms with E-state index in [1.807, 2.05) is 6.20 Å². The first-order valence-corrected chi connectivity index (χ1v) is 13.1. The SMILES string of the molecule is CN(C)C1CCC2(C)C(CCC3C4CC=C(c5ccc6ncccc6c5)C4(C)CCC32)C1. The monoisotopic (exact) mass is 428 g/mol. The number of hydrogen-bond acceptors (Lipinski definition) is 2. The maximum Gasteiger partial charge on any atom is 0.0702 e. The van der Waals surface area contributed by atoms with Gasteiger partial charge in [-0.3, -0.25) is 4.98 Å². The predicted molar refractivity (Wildman–Crippen MR) is 134 cm³/mol. The van der Waals surface area contributed by atoms with E-state index in [-0.39, 0.29) is 0 Å². The maximum absolute atomic E-state index is 4.54. The summed E-state index contributed by atoms with van der Waals surface area (Å²) in [5.74, 6) is 3.64. The van der Waals surface area contributed by atoms with Crippen molar-refractivity contribution in [3.05, 3.63) is 48.2 Å². The molecule has 0 spiro atoms. The summed E-state index contributed by atoms with van der Waals surface area (Å²) in [4.78, 5) is 7.04. The Kier molecular flexibility index (Phi) is 4.85. The van der Waals surface area contributed by atoms with E-state index in [0.29, 0.717) is 10.8 Å². The van der Waals surface area contributed by atoms with Gasteiger partial charge < -0.3 is 4.90 Å². The highest BCUT2D eigenvalue weighted by atomic mass is 15.1. The van der Waals surface area contributed by atoms with Crippen LogP contribution in [0.15, 0.2) is 42.6 Å². The maximum atomic E-state index is 4.54. The van der Waals surface area contributed by atoms with Gasteiger partial charge in [0, 0.05) is 17.6 Å². The molecule has 7 atom stereocenters. The van der Waals surface area contributed by atoms with Crippen LogP contribution in [0.2, 0.25) is 0 Å². The van der Waals surface area contributed by atoms with Crippen LogP contribution in [0.5, 0.6) is 0 Å². The lowest BCUT2D eigenvalue weighted by Gasteiger charge is -2.61. The summed E-state index contributed by atoms with van der Waals surface area (Å²) in [5.41, 5.74) is 5.12. The Labute approximate surface area is 194 Å². The number of pyridine rings is 1. The predicted octanol–water partition coefficient (Wildman–Crippen LogP) is 7.20. The Bertz CT molecular complexity index is 1050. The summed E-state index contributed by atoms with van der Waals surface area (Å²) in [6, 6.07) is 12.0. The molecule has 1 aromatic carbocycles. The van der Waals surface area contributed by atoms with E-state index in [4.69, 9.17) is 0 Å². The molecule has 0 bridgehead atoms. The lowest BCUT2D eigenvalue weighted by molar-refractivity contribution is -0.106. The topological polar surface area (TPSA) is 16.1 Å². The highest BCUT2D eigenvalue weighted by Crippen LogP contribution is 2.67. The zero-order valence-corrected chi connectivity index (χ0v) is 20.5. The molecular weight excluding hydrogens is 388 g/mol. The lowest BCUT2D eigenvalue weighted by atomic mass is 9.44. The Morgan fingerprint density at radius 1 is 0.969 bits per heavy atom. The van der Waals surface area contributed by atoms with Gasteiger partial charge in [0.15, 0.2) is 0 Å². The molecule has 0 saturated heterocycles. The summed E-state index contributed by atoms with van der Waals surface area (Å²) in [6.07, 6.45) is 15.8. The van der Waals surface area contributed by atoms with Crippen molar-refractivity contribution in [2.24, 2.45) is 34.5 Å². The minimum atomic E-state index is 0.348. The molecule has 3 fully saturated rings. The molecule has 2 heteroatoms. The van der Waals surface area contributed by atoms with E-state index in [2.05, 4.69) is 74.2 Å². The van der Waals surface area contributed by atoms with Crippen molar-refractivity contribution in [3.8, 4) is 0 Å². The van der Waals surface area contributed by atoms with Gasteiger partial charge in [-0.2, -0.15) is 0 Å². The van der Waals surface area contributed by atoms with Gasteiger partial charge in [-0.1, -0.05) is 32.1 Å². The van der Waals surface area contributed by atoms with Gasteiger partial charge in [0.2, 0.25) is 0 Å². The van der Waals surface area contributed by atoms with Crippen LogP contribution < -0.4 is 0 Å². The third kappa shape index (κ3) is 2.98. The average molecular weight is 429 g/mol. The Balaban J connectivity index is 1.28. The van der Waals surface area contributed by atoms with Crippen molar-refractivity contribution in [1.82, 2.24) is 9.88 Å². The second-order valence-electron chi connectivity index (χ2n) is 12.3. The Morgan fingerprint density at radius 3 is 2.69 bits per heavy atom. The van der Waals surface area contributed by atoms with Crippen LogP contribution in [0, 0.1) is 34.5 Å². The summed E-state index contributed by atoms with van der Waals surface area (Å²) in [6.45, 7) is 5.31. The van der Waals surface area contributed by atoms with Crippen LogP contribution in [0.3, 0.4) is 0 Å². The fourth-order valence-corrected chi connectivity index (χ4v) is 8.96. The summed E-state index contributed by atoms with van der Waals surface area (Å²) in [7, 11) is 4.58. The largest absolute Gasteiger partial charge is 0.306 e. The first-order valence-electron chi connectivity index (χ1n) is 13.1. The van der Waals surface area contributed by atoms with Gasteiger partial charge in [-0.15, -0.1) is 0 Å². The molecule has 2 nitrogen and oxygen atoms in total. The molecule has 0 aliphatic heterocycles. The van der Waals surface area contributed by atoms with Crippen LogP contribution in [-0.2, 0) is 0 Å². The van der Waals surface area contributed by atoms with E-state index in [1.165, 1.54) is 62.3 Å². The van der Waals surface area contributed by atoms with Crippen molar-refractivity contribution in [2.75, 3.05) is 14.1 Å². The minimum absolute atomic E-state index is 0.348. The molecule has 7 unspecified atom stereocenters. The number of aromatic nitrogens is 1. The fourth-order valence-electron chi connectivity index (χ4n) is 8.96. The average Bonchev–Trinajstić information content (AvgIpc) is 3.15. The van der Waals surface area contributed by atoms with Crippen LogP contribution >= 0.6 is 0 Å². The second kappa shape index (κ2) is 7.42. The molecule has 3 saturated carbocycles.